The third-order valence-electron chi connectivity index (χ3n) is 5.85. The van der Waals surface area contributed by atoms with Crippen molar-refractivity contribution < 1.29 is 24.2 Å². The normalized spacial score (nSPS) is 19.5. The van der Waals surface area contributed by atoms with Crippen LogP contribution in [0.3, 0.4) is 0 Å². The molecule has 1 unspecified atom stereocenters. The minimum Gasteiger partial charge on any atom is -0.503 e. The minimum atomic E-state index is -0.697. The van der Waals surface area contributed by atoms with Crippen molar-refractivity contribution in [1.82, 2.24) is 9.80 Å². The molecule has 0 spiro atoms. The first-order valence-corrected chi connectivity index (χ1v) is 10.9. The molecule has 1 fully saturated rings. The number of ether oxygens (including phenoxy) is 2. The summed E-state index contributed by atoms with van der Waals surface area (Å²) in [6.07, 6.45) is 0. The van der Waals surface area contributed by atoms with E-state index in [1.807, 2.05) is 12.1 Å². The molecule has 2 aliphatic rings. The molecule has 0 bridgehead atoms. The van der Waals surface area contributed by atoms with E-state index in [4.69, 9.17) is 21.1 Å². The number of Topliss-reactive ketones (excluding diaryl/α,β-unsaturated/α-hetero) is 1. The maximum absolute atomic E-state index is 13.4. The zero-order chi connectivity index (χ0) is 22.7. The molecule has 8 heteroatoms. The number of carbonyl (C=O) groups excluding carboxylic acids is 2. The summed E-state index contributed by atoms with van der Waals surface area (Å²) in [6.45, 7) is 3.87. The van der Waals surface area contributed by atoms with Crippen LogP contribution in [0.5, 0.6) is 5.75 Å². The maximum atomic E-state index is 13.4. The highest BCUT2D eigenvalue weighted by atomic mass is 35.5. The molecule has 2 aromatic carbocycles. The lowest BCUT2D eigenvalue weighted by molar-refractivity contribution is -0.129. The molecule has 32 heavy (non-hydrogen) atoms. The van der Waals surface area contributed by atoms with Gasteiger partial charge in [0.25, 0.3) is 5.91 Å². The number of halogens is 1. The Bertz CT molecular complexity index is 1010. The van der Waals surface area contributed by atoms with Crippen LogP contribution in [0, 0.1) is 0 Å². The zero-order valence-corrected chi connectivity index (χ0v) is 18.5. The zero-order valence-electron chi connectivity index (χ0n) is 17.8. The Morgan fingerprint density at radius 2 is 1.75 bits per heavy atom. The summed E-state index contributed by atoms with van der Waals surface area (Å²) in [4.78, 5) is 30.2. The second kappa shape index (κ2) is 9.73. The molecule has 1 saturated heterocycles. The standard InChI is InChI=1S/C24H25ClN2O5/c1-31-19-8-4-16(5-9-19)21-20(22(28)17-2-6-18(25)7-3-17)23(29)24(30)27(21)11-10-26-12-14-32-15-13-26/h2-9,21,29H,10-15H2,1H3. The summed E-state index contributed by atoms with van der Waals surface area (Å²) in [6, 6.07) is 12.9. The molecule has 168 valence electrons. The average molecular weight is 457 g/mol. The average Bonchev–Trinajstić information content (AvgIpc) is 3.08. The Morgan fingerprint density at radius 1 is 1.09 bits per heavy atom. The highest BCUT2D eigenvalue weighted by molar-refractivity contribution is 6.30. The van der Waals surface area contributed by atoms with Gasteiger partial charge in [-0.25, -0.2) is 0 Å². The number of hydrogen-bond donors (Lipinski definition) is 1. The number of methoxy groups -OCH3 is 1. The lowest BCUT2D eigenvalue weighted by atomic mass is 9.92. The predicted octanol–water partition coefficient (Wildman–Crippen LogP) is 3.26. The van der Waals surface area contributed by atoms with Crippen molar-refractivity contribution >= 4 is 23.3 Å². The van der Waals surface area contributed by atoms with E-state index in [2.05, 4.69) is 4.90 Å². The highest BCUT2D eigenvalue weighted by Crippen LogP contribution is 2.39. The van der Waals surface area contributed by atoms with E-state index in [1.165, 1.54) is 0 Å². The summed E-state index contributed by atoms with van der Waals surface area (Å²) in [5, 5.41) is 11.3. The molecule has 2 heterocycles. The molecule has 0 saturated carbocycles. The van der Waals surface area contributed by atoms with E-state index in [-0.39, 0.29) is 5.57 Å². The van der Waals surface area contributed by atoms with Crippen molar-refractivity contribution in [3.63, 3.8) is 0 Å². The molecule has 0 radical (unpaired) electrons. The van der Waals surface area contributed by atoms with Crippen LogP contribution in [0.15, 0.2) is 59.9 Å². The third-order valence-corrected chi connectivity index (χ3v) is 6.10. The van der Waals surface area contributed by atoms with Gasteiger partial charge in [0.2, 0.25) is 0 Å². The van der Waals surface area contributed by atoms with Crippen LogP contribution in [-0.2, 0) is 9.53 Å². The SMILES string of the molecule is COc1ccc(C2C(C(=O)c3ccc(Cl)cc3)=C(O)C(=O)N2CCN2CCOCC2)cc1. The molecule has 4 rings (SSSR count). The van der Waals surface area contributed by atoms with Crippen LogP contribution in [-0.4, -0.2) is 73.1 Å². The number of benzene rings is 2. The van der Waals surface area contributed by atoms with Gasteiger partial charge >= 0.3 is 0 Å². The summed E-state index contributed by atoms with van der Waals surface area (Å²) < 4.78 is 10.6. The van der Waals surface area contributed by atoms with Crippen LogP contribution in [0.1, 0.15) is 22.0 Å². The molecule has 0 aromatic heterocycles. The van der Waals surface area contributed by atoms with Gasteiger partial charge in [0.05, 0.1) is 31.9 Å². The van der Waals surface area contributed by atoms with Crippen LogP contribution in [0.25, 0.3) is 0 Å². The minimum absolute atomic E-state index is 0.0736. The van der Waals surface area contributed by atoms with Gasteiger partial charge in [0, 0.05) is 36.8 Å². The fraction of sp³-hybridized carbons (Fsp3) is 0.333. The van der Waals surface area contributed by atoms with Crippen molar-refractivity contribution in [3.8, 4) is 5.75 Å². The Hall–Kier alpha value is -2.87. The third kappa shape index (κ3) is 4.50. The van der Waals surface area contributed by atoms with Gasteiger partial charge in [-0.3, -0.25) is 14.5 Å². The fourth-order valence-electron chi connectivity index (χ4n) is 4.08. The fourth-order valence-corrected chi connectivity index (χ4v) is 4.21. The number of rotatable bonds is 7. The number of aliphatic hydroxyl groups excluding tert-OH is 1. The molecular weight excluding hydrogens is 432 g/mol. The van der Waals surface area contributed by atoms with E-state index in [1.54, 1.807) is 48.4 Å². The second-order valence-electron chi connectivity index (χ2n) is 7.73. The Labute approximate surface area is 191 Å². The lowest BCUT2D eigenvalue weighted by Crippen LogP contribution is -2.43. The number of aliphatic hydroxyl groups is 1. The van der Waals surface area contributed by atoms with Gasteiger partial charge in [-0.15, -0.1) is 0 Å². The number of carbonyl (C=O) groups is 2. The van der Waals surface area contributed by atoms with E-state index in [9.17, 15) is 14.7 Å². The number of hydrogen-bond acceptors (Lipinski definition) is 6. The quantitative estimate of drug-likeness (QED) is 0.644. The van der Waals surface area contributed by atoms with Crippen molar-refractivity contribution in [1.29, 1.82) is 0 Å². The second-order valence-corrected chi connectivity index (χ2v) is 8.16. The van der Waals surface area contributed by atoms with Gasteiger partial charge in [-0.2, -0.15) is 0 Å². The summed E-state index contributed by atoms with van der Waals surface area (Å²) in [5.41, 5.74) is 1.16. The van der Waals surface area contributed by atoms with E-state index < -0.39 is 23.5 Å². The maximum Gasteiger partial charge on any atom is 0.290 e. The van der Waals surface area contributed by atoms with Gasteiger partial charge < -0.3 is 19.5 Å². The largest absolute Gasteiger partial charge is 0.503 e. The molecule has 2 aliphatic heterocycles. The molecule has 7 nitrogen and oxygen atoms in total. The lowest BCUT2D eigenvalue weighted by Gasteiger charge is -2.31. The number of amides is 1. The Kier molecular flexibility index (Phi) is 6.79. The summed E-state index contributed by atoms with van der Waals surface area (Å²) in [5.74, 6) is -0.789. The monoisotopic (exact) mass is 456 g/mol. The molecule has 1 N–H and O–H groups in total. The Balaban J connectivity index is 1.67. The first-order chi connectivity index (χ1) is 15.5. The van der Waals surface area contributed by atoms with Gasteiger partial charge in [-0.05, 0) is 42.0 Å². The van der Waals surface area contributed by atoms with Crippen LogP contribution < -0.4 is 4.74 Å². The van der Waals surface area contributed by atoms with Crippen molar-refractivity contribution in [3.05, 3.63) is 76.0 Å². The number of ketones is 1. The van der Waals surface area contributed by atoms with E-state index >= 15 is 0 Å². The molecule has 2 aromatic rings. The number of nitrogens with zero attached hydrogens (tertiary/aromatic N) is 2. The van der Waals surface area contributed by atoms with Crippen LogP contribution in [0.4, 0.5) is 0 Å². The van der Waals surface area contributed by atoms with Crippen LogP contribution in [0.2, 0.25) is 5.02 Å². The van der Waals surface area contributed by atoms with Crippen molar-refractivity contribution in [2.45, 2.75) is 6.04 Å². The van der Waals surface area contributed by atoms with E-state index in [0.717, 1.165) is 18.7 Å². The Morgan fingerprint density at radius 3 is 2.38 bits per heavy atom. The summed E-state index contributed by atoms with van der Waals surface area (Å²) in [7, 11) is 1.57. The van der Waals surface area contributed by atoms with Gasteiger partial charge in [-0.1, -0.05) is 23.7 Å². The first-order valence-electron chi connectivity index (χ1n) is 10.5. The highest BCUT2D eigenvalue weighted by Gasteiger charge is 2.43. The smallest absolute Gasteiger partial charge is 0.290 e. The van der Waals surface area contributed by atoms with E-state index in [0.29, 0.717) is 42.6 Å². The first kappa shape index (κ1) is 22.3. The molecule has 0 aliphatic carbocycles. The molecule has 1 amide bonds. The predicted molar refractivity (Wildman–Crippen MR) is 120 cm³/mol. The molecule has 1 atom stereocenters. The van der Waals surface area contributed by atoms with Gasteiger partial charge in [0.1, 0.15) is 5.75 Å². The van der Waals surface area contributed by atoms with Crippen LogP contribution >= 0.6 is 11.6 Å². The number of morpholine rings is 1. The topological polar surface area (TPSA) is 79.3 Å². The van der Waals surface area contributed by atoms with Crippen molar-refractivity contribution in [2.24, 2.45) is 0 Å². The molecular formula is C24H25ClN2O5. The summed E-state index contributed by atoms with van der Waals surface area (Å²) >= 11 is 5.96. The van der Waals surface area contributed by atoms with Gasteiger partial charge in [0.15, 0.2) is 11.5 Å². The van der Waals surface area contributed by atoms with Crippen molar-refractivity contribution in [2.75, 3.05) is 46.5 Å².